The van der Waals surface area contributed by atoms with Crippen molar-refractivity contribution in [3.63, 3.8) is 0 Å². The van der Waals surface area contributed by atoms with Crippen molar-refractivity contribution in [1.29, 1.82) is 0 Å². The minimum atomic E-state index is -0.106. The van der Waals surface area contributed by atoms with Gasteiger partial charge < -0.3 is 19.7 Å². The van der Waals surface area contributed by atoms with Gasteiger partial charge in [0.05, 0.1) is 6.04 Å². The lowest BCUT2D eigenvalue weighted by Gasteiger charge is -2.33. The molecule has 0 bridgehead atoms. The first kappa shape index (κ1) is 22.2. The van der Waals surface area contributed by atoms with E-state index in [9.17, 15) is 4.79 Å². The van der Waals surface area contributed by atoms with Gasteiger partial charge in [0.15, 0.2) is 11.5 Å². The smallest absolute Gasteiger partial charge is 0.237 e. The number of benzene rings is 1. The molecule has 34 heavy (non-hydrogen) atoms. The highest BCUT2D eigenvalue weighted by Crippen LogP contribution is 2.33. The molecule has 0 radical (unpaired) electrons. The average molecular weight is 463 g/mol. The van der Waals surface area contributed by atoms with Gasteiger partial charge in [-0.1, -0.05) is 6.07 Å². The Morgan fingerprint density at radius 2 is 2.06 bits per heavy atom. The first-order chi connectivity index (χ1) is 16.5. The molecule has 1 amide bonds. The van der Waals surface area contributed by atoms with Gasteiger partial charge in [0, 0.05) is 43.7 Å². The summed E-state index contributed by atoms with van der Waals surface area (Å²) in [5.74, 6) is 3.34. The minimum Gasteiger partial charge on any atom is -0.486 e. The molecule has 1 fully saturated rings. The number of carbonyl (C=O) groups excluding carboxylic acids is 1. The molecule has 9 heteroatoms. The zero-order valence-electron chi connectivity index (χ0n) is 19.6. The van der Waals surface area contributed by atoms with Crippen LogP contribution in [0.15, 0.2) is 43.0 Å². The third kappa shape index (κ3) is 4.98. The lowest BCUT2D eigenvalue weighted by Crippen LogP contribution is -2.39. The second-order valence-electron chi connectivity index (χ2n) is 8.99. The number of imidazole rings is 1. The van der Waals surface area contributed by atoms with Crippen LogP contribution in [0.3, 0.4) is 0 Å². The number of anilines is 1. The van der Waals surface area contributed by atoms with Crippen LogP contribution in [0.25, 0.3) is 5.95 Å². The number of rotatable bonds is 6. The molecule has 2 atom stereocenters. The minimum absolute atomic E-state index is 0.0622. The van der Waals surface area contributed by atoms with Crippen molar-refractivity contribution in [1.82, 2.24) is 24.8 Å². The highest BCUT2D eigenvalue weighted by Gasteiger charge is 2.25. The Balaban J connectivity index is 1.20. The number of hydrogen-bond acceptors (Lipinski definition) is 7. The van der Waals surface area contributed by atoms with Gasteiger partial charge in [-0.15, -0.1) is 0 Å². The van der Waals surface area contributed by atoms with Crippen LogP contribution in [0.5, 0.6) is 11.5 Å². The van der Waals surface area contributed by atoms with Crippen molar-refractivity contribution in [3.05, 3.63) is 54.2 Å². The van der Waals surface area contributed by atoms with E-state index in [1.165, 1.54) is 0 Å². The van der Waals surface area contributed by atoms with E-state index < -0.39 is 0 Å². The molecule has 9 nitrogen and oxygen atoms in total. The summed E-state index contributed by atoms with van der Waals surface area (Å²) in [4.78, 5) is 28.5. The van der Waals surface area contributed by atoms with E-state index in [1.807, 2.05) is 48.9 Å². The zero-order valence-corrected chi connectivity index (χ0v) is 19.6. The molecule has 3 aromatic rings. The number of carbonyl (C=O) groups is 1. The van der Waals surface area contributed by atoms with Crippen molar-refractivity contribution in [2.75, 3.05) is 31.2 Å². The molecule has 0 aliphatic carbocycles. The van der Waals surface area contributed by atoms with E-state index in [-0.39, 0.29) is 17.9 Å². The van der Waals surface area contributed by atoms with Gasteiger partial charge in [0.1, 0.15) is 25.4 Å². The van der Waals surface area contributed by atoms with Crippen molar-refractivity contribution in [2.45, 2.75) is 39.2 Å². The predicted octanol–water partition coefficient (Wildman–Crippen LogP) is 3.23. The maximum Gasteiger partial charge on any atom is 0.237 e. The van der Waals surface area contributed by atoms with Crippen LogP contribution in [0, 0.1) is 12.8 Å². The van der Waals surface area contributed by atoms with Crippen LogP contribution in [0.1, 0.15) is 43.5 Å². The second-order valence-corrected chi connectivity index (χ2v) is 8.99. The molecule has 5 rings (SSSR count). The molecule has 1 aromatic carbocycles. The van der Waals surface area contributed by atoms with Gasteiger partial charge in [-0.3, -0.25) is 9.36 Å². The molecule has 1 saturated heterocycles. The van der Waals surface area contributed by atoms with Crippen LogP contribution in [0.4, 0.5) is 5.82 Å². The fourth-order valence-corrected chi connectivity index (χ4v) is 4.61. The molecule has 0 spiro atoms. The number of aromatic nitrogens is 4. The molecule has 4 heterocycles. The predicted molar refractivity (Wildman–Crippen MR) is 127 cm³/mol. The second kappa shape index (κ2) is 9.70. The number of nitrogens with zero attached hydrogens (tertiary/aromatic N) is 5. The highest BCUT2D eigenvalue weighted by atomic mass is 16.6. The summed E-state index contributed by atoms with van der Waals surface area (Å²) in [6.45, 7) is 6.80. The van der Waals surface area contributed by atoms with E-state index in [4.69, 9.17) is 14.5 Å². The normalized spacial score (nSPS) is 18.4. The molecule has 0 saturated carbocycles. The van der Waals surface area contributed by atoms with Gasteiger partial charge >= 0.3 is 0 Å². The fourth-order valence-electron chi connectivity index (χ4n) is 4.61. The summed E-state index contributed by atoms with van der Waals surface area (Å²) < 4.78 is 13.1. The molecule has 1 N–H and O–H groups in total. The van der Waals surface area contributed by atoms with Crippen LogP contribution in [-0.2, 0) is 4.79 Å². The molecule has 2 aliphatic heterocycles. The Labute approximate surface area is 199 Å². The number of piperidine rings is 1. The van der Waals surface area contributed by atoms with Crippen molar-refractivity contribution >= 4 is 11.7 Å². The van der Waals surface area contributed by atoms with Crippen LogP contribution in [-0.4, -0.2) is 51.7 Å². The van der Waals surface area contributed by atoms with Gasteiger partial charge in [-0.2, -0.15) is 4.98 Å². The first-order valence-electron chi connectivity index (χ1n) is 11.8. The van der Waals surface area contributed by atoms with E-state index in [2.05, 4.69) is 20.2 Å². The molecular formula is C25H30N6O3. The zero-order chi connectivity index (χ0) is 23.5. The van der Waals surface area contributed by atoms with Gasteiger partial charge in [-0.05, 0) is 50.3 Å². The molecule has 2 unspecified atom stereocenters. The third-order valence-corrected chi connectivity index (χ3v) is 6.33. The van der Waals surface area contributed by atoms with E-state index in [0.29, 0.717) is 25.6 Å². The number of aryl methyl sites for hydroxylation is 1. The van der Waals surface area contributed by atoms with Crippen LogP contribution in [0.2, 0.25) is 0 Å². The maximum atomic E-state index is 12.9. The quantitative estimate of drug-likeness (QED) is 0.601. The third-order valence-electron chi connectivity index (χ3n) is 6.33. The summed E-state index contributed by atoms with van der Waals surface area (Å²) in [6.07, 6.45) is 7.80. The monoisotopic (exact) mass is 462 g/mol. The highest BCUT2D eigenvalue weighted by molar-refractivity contribution is 5.76. The Hall–Kier alpha value is -3.62. The Bertz CT molecular complexity index is 1150. The maximum absolute atomic E-state index is 12.9. The van der Waals surface area contributed by atoms with Gasteiger partial charge in [0.25, 0.3) is 0 Å². The number of fused-ring (bicyclic) bond motifs is 1. The molecular weight excluding hydrogens is 432 g/mol. The largest absolute Gasteiger partial charge is 0.486 e. The van der Waals surface area contributed by atoms with E-state index in [0.717, 1.165) is 54.5 Å². The molecule has 178 valence electrons. The number of hydrogen-bond donors (Lipinski definition) is 1. The van der Waals surface area contributed by atoms with Crippen molar-refractivity contribution in [3.8, 4) is 17.4 Å². The van der Waals surface area contributed by atoms with E-state index >= 15 is 0 Å². The van der Waals surface area contributed by atoms with Crippen molar-refractivity contribution < 1.29 is 14.3 Å². The summed E-state index contributed by atoms with van der Waals surface area (Å²) in [6, 6.07) is 7.75. The topological polar surface area (TPSA) is 94.4 Å². The van der Waals surface area contributed by atoms with Crippen LogP contribution >= 0.6 is 0 Å². The number of ether oxygens (including phenoxy) is 2. The van der Waals surface area contributed by atoms with Gasteiger partial charge in [-0.25, -0.2) is 9.97 Å². The van der Waals surface area contributed by atoms with Crippen LogP contribution < -0.4 is 19.7 Å². The first-order valence-corrected chi connectivity index (χ1v) is 11.8. The fraction of sp³-hybridized carbons (Fsp3) is 0.440. The lowest BCUT2D eigenvalue weighted by molar-refractivity contribution is -0.122. The van der Waals surface area contributed by atoms with E-state index in [1.54, 1.807) is 12.5 Å². The molecule has 2 aliphatic rings. The number of nitrogens with one attached hydrogen (secondary N) is 1. The Kier molecular flexibility index (Phi) is 6.33. The summed E-state index contributed by atoms with van der Waals surface area (Å²) in [5.41, 5.74) is 1.91. The summed E-state index contributed by atoms with van der Waals surface area (Å²) in [5, 5.41) is 3.15. The lowest BCUT2D eigenvalue weighted by atomic mass is 9.94. The summed E-state index contributed by atoms with van der Waals surface area (Å²) >= 11 is 0. The standard InChI is InChI=1S/C25H30N6O3/c1-17-12-23(29-25(27-17)31-9-7-26-16-31)30-8-3-4-19(15-30)13-24(32)28-18(2)20-5-6-21-22(14-20)34-11-10-33-21/h5-7,9,12,14,16,18-19H,3-4,8,10-11,13,15H2,1-2H3,(H,28,32). The number of amides is 1. The average Bonchev–Trinajstić information content (AvgIpc) is 3.39. The summed E-state index contributed by atoms with van der Waals surface area (Å²) in [7, 11) is 0. The van der Waals surface area contributed by atoms with Crippen molar-refractivity contribution in [2.24, 2.45) is 5.92 Å². The van der Waals surface area contributed by atoms with Gasteiger partial charge in [0.2, 0.25) is 11.9 Å². The SMILES string of the molecule is Cc1cc(N2CCCC(CC(=O)NC(C)c3ccc4c(c3)OCCO4)C2)nc(-n2ccnc2)n1. The molecule has 2 aromatic heterocycles. The Morgan fingerprint density at radius 3 is 2.88 bits per heavy atom. The Morgan fingerprint density at radius 1 is 1.21 bits per heavy atom.